The number of allylic oxidation sites excluding steroid dienone is 2. The zero-order valence-corrected chi connectivity index (χ0v) is 17.1. The summed E-state index contributed by atoms with van der Waals surface area (Å²) in [5.41, 5.74) is 1.93. The van der Waals surface area contributed by atoms with Crippen LogP contribution in [0.5, 0.6) is 0 Å². The van der Waals surface area contributed by atoms with E-state index in [9.17, 15) is 0 Å². The van der Waals surface area contributed by atoms with E-state index in [0.29, 0.717) is 0 Å². The molecule has 2 saturated heterocycles. The maximum atomic E-state index is 2.61. The van der Waals surface area contributed by atoms with Crippen LogP contribution in [0.1, 0.15) is 58.8 Å². The number of rotatable bonds is 3. The van der Waals surface area contributed by atoms with Crippen molar-refractivity contribution in [2.24, 2.45) is 0 Å². The van der Waals surface area contributed by atoms with Gasteiger partial charge in [0.05, 0.1) is 0 Å². The monoisotopic (exact) mass is 442 g/mol. The molecule has 0 aromatic carbocycles. The first-order valence-corrected chi connectivity index (χ1v) is 21.8. The zero-order chi connectivity index (χ0) is 13.3. The van der Waals surface area contributed by atoms with Crippen molar-refractivity contribution in [1.29, 1.82) is 0 Å². The average Bonchev–Trinajstić information content (AvgIpc) is 2.28. The van der Waals surface area contributed by atoms with Gasteiger partial charge in [0.2, 0.25) is 0 Å². The molecule has 2 fully saturated rings. The van der Waals surface area contributed by atoms with Gasteiger partial charge < -0.3 is 0 Å². The summed E-state index contributed by atoms with van der Waals surface area (Å²) < 4.78 is 9.73. The minimum atomic E-state index is -1.97. The molecule has 0 N–H and O–H groups in total. The summed E-state index contributed by atoms with van der Waals surface area (Å²) in [7, 11) is 0. The number of hydrogen-bond donors (Lipinski definition) is 0. The normalized spacial score (nSPS) is 30.2. The fourth-order valence-corrected chi connectivity index (χ4v) is 9.56. The molecular formula is C16H31BPb. The quantitative estimate of drug-likeness (QED) is 0.491. The maximum absolute atomic E-state index is 2.61. The van der Waals surface area contributed by atoms with E-state index in [1.807, 2.05) is 8.60 Å². The van der Waals surface area contributed by atoms with Crippen LogP contribution in [0.15, 0.2) is 8.60 Å². The van der Waals surface area contributed by atoms with Crippen molar-refractivity contribution in [1.82, 2.24) is 0 Å². The Morgan fingerprint density at radius 3 is 1.78 bits per heavy atom. The van der Waals surface area contributed by atoms with Crippen LogP contribution in [0.4, 0.5) is 0 Å². The van der Waals surface area contributed by atoms with Gasteiger partial charge in [0.1, 0.15) is 0 Å². The van der Waals surface area contributed by atoms with Gasteiger partial charge in [0.15, 0.2) is 0 Å². The van der Waals surface area contributed by atoms with E-state index in [2.05, 4.69) is 27.3 Å². The Hall–Kier alpha value is 0.727. The van der Waals surface area contributed by atoms with E-state index < -0.39 is 21.2 Å². The zero-order valence-electron chi connectivity index (χ0n) is 13.2. The molecule has 2 heteroatoms. The molecule has 2 rings (SSSR count). The Bertz CT molecular complexity index is 304. The number of hydrogen-bond acceptors (Lipinski definition) is 0. The topological polar surface area (TPSA) is 0 Å². The molecule has 2 aliphatic heterocycles. The molecule has 0 aromatic heterocycles. The van der Waals surface area contributed by atoms with Gasteiger partial charge in [-0.2, -0.15) is 0 Å². The standard InChI is InChI=1S/C13H22B.3CH3.Pb/c1-3-11(4-2)14-12-7-5-8-13(14)10-6-9-12;;;;/h12-13H,3,5-10H2,1-2H3;3*1H3;. The first-order valence-electron chi connectivity index (χ1n) is 8.15. The van der Waals surface area contributed by atoms with Crippen molar-refractivity contribution < 1.29 is 0 Å². The fraction of sp³-hybridized carbons (Fsp3) is 0.875. The molecule has 0 amide bonds. The molecule has 0 nitrogen and oxygen atoms in total. The summed E-state index contributed by atoms with van der Waals surface area (Å²) in [6, 6.07) is 0. The molecule has 0 aromatic rings. The van der Waals surface area contributed by atoms with E-state index in [-0.39, 0.29) is 0 Å². The molecule has 102 valence electrons. The van der Waals surface area contributed by atoms with Crippen LogP contribution in [0.25, 0.3) is 0 Å². The van der Waals surface area contributed by atoms with Gasteiger partial charge in [-0.05, 0) is 0 Å². The molecule has 18 heavy (non-hydrogen) atoms. The van der Waals surface area contributed by atoms with E-state index >= 15 is 0 Å². The third kappa shape index (κ3) is 3.07. The molecule has 0 aliphatic carbocycles. The SMILES string of the molecule is CC/C(B1C2CCCC1CCC2)=[C](\C)[Pb]([CH3])([CH3])[CH3]. The molecule has 0 spiro atoms. The van der Waals surface area contributed by atoms with E-state index in [1.165, 1.54) is 44.9 Å². The first-order chi connectivity index (χ1) is 8.45. The van der Waals surface area contributed by atoms with E-state index in [4.69, 9.17) is 0 Å². The summed E-state index contributed by atoms with van der Waals surface area (Å²) in [6.45, 7) is 5.92. The fourth-order valence-electron chi connectivity index (χ4n) is 4.48. The van der Waals surface area contributed by atoms with Crippen molar-refractivity contribution in [3.63, 3.8) is 0 Å². The average molecular weight is 441 g/mol. The van der Waals surface area contributed by atoms with E-state index in [0.717, 1.165) is 18.3 Å². The van der Waals surface area contributed by atoms with Gasteiger partial charge >= 0.3 is 120 Å². The second-order valence-electron chi connectivity index (χ2n) is 7.66. The van der Waals surface area contributed by atoms with Crippen molar-refractivity contribution in [2.75, 3.05) is 0 Å². The van der Waals surface area contributed by atoms with Gasteiger partial charge in [-0.15, -0.1) is 0 Å². The Kier molecular flexibility index (Phi) is 5.05. The van der Waals surface area contributed by atoms with Crippen LogP contribution < -0.4 is 0 Å². The van der Waals surface area contributed by atoms with Gasteiger partial charge in [-0.3, -0.25) is 0 Å². The molecule has 2 heterocycles. The Balaban J connectivity index is 2.32. The van der Waals surface area contributed by atoms with Gasteiger partial charge in [-0.25, -0.2) is 0 Å². The van der Waals surface area contributed by atoms with Crippen LogP contribution in [-0.2, 0) is 0 Å². The number of fused-ring (bicyclic) bond motifs is 2. The molecule has 0 unspecified atom stereocenters. The van der Waals surface area contributed by atoms with Crippen LogP contribution in [0, 0.1) is 0 Å². The molecule has 0 radical (unpaired) electrons. The predicted octanol–water partition coefficient (Wildman–Crippen LogP) is 5.73. The van der Waals surface area contributed by atoms with Crippen LogP contribution in [0.3, 0.4) is 0 Å². The van der Waals surface area contributed by atoms with Gasteiger partial charge in [0.25, 0.3) is 0 Å². The van der Waals surface area contributed by atoms with Crippen molar-refractivity contribution in [2.45, 2.75) is 83.9 Å². The molecule has 0 atom stereocenters. The second-order valence-corrected chi connectivity index (χ2v) is 28.1. The third-order valence-corrected chi connectivity index (χ3v) is 15.7. The van der Waals surface area contributed by atoms with Crippen LogP contribution >= 0.6 is 0 Å². The first kappa shape index (κ1) is 15.1. The minimum absolute atomic E-state index is 0.997. The van der Waals surface area contributed by atoms with Crippen molar-refractivity contribution in [3.05, 3.63) is 8.60 Å². The van der Waals surface area contributed by atoms with Crippen LogP contribution in [0.2, 0.25) is 25.1 Å². The van der Waals surface area contributed by atoms with Crippen molar-refractivity contribution >= 4 is 27.9 Å². The Labute approximate surface area is 120 Å². The van der Waals surface area contributed by atoms with Crippen LogP contribution in [-0.4, -0.2) is 27.9 Å². The Morgan fingerprint density at radius 2 is 1.44 bits per heavy atom. The van der Waals surface area contributed by atoms with Gasteiger partial charge in [-0.1, -0.05) is 0 Å². The summed E-state index contributed by atoms with van der Waals surface area (Å²) in [4.78, 5) is 0. The van der Waals surface area contributed by atoms with Crippen molar-refractivity contribution in [3.8, 4) is 0 Å². The molecule has 0 saturated carbocycles. The third-order valence-electron chi connectivity index (χ3n) is 5.71. The predicted molar refractivity (Wildman–Crippen MR) is 87.3 cm³/mol. The molecule has 2 bridgehead atoms. The van der Waals surface area contributed by atoms with Gasteiger partial charge in [0, 0.05) is 0 Å². The Morgan fingerprint density at radius 1 is 1.00 bits per heavy atom. The summed E-state index contributed by atoms with van der Waals surface area (Å²) >= 11 is -1.97. The van der Waals surface area contributed by atoms with E-state index in [1.54, 1.807) is 0 Å². The molecular weight excluding hydrogens is 410 g/mol. The summed E-state index contributed by atoms with van der Waals surface area (Å²) in [5, 5.41) is 0. The summed E-state index contributed by atoms with van der Waals surface area (Å²) in [5.74, 6) is 2.11. The summed E-state index contributed by atoms with van der Waals surface area (Å²) in [6.07, 6.45) is 10.5. The second kappa shape index (κ2) is 6.01. The molecule has 2 aliphatic rings.